The summed E-state index contributed by atoms with van der Waals surface area (Å²) in [6.45, 7) is 1.59. The van der Waals surface area contributed by atoms with E-state index in [1.54, 1.807) is 6.92 Å². The van der Waals surface area contributed by atoms with Crippen LogP contribution >= 0.6 is 0 Å². The Balaban J connectivity index is 2.65. The van der Waals surface area contributed by atoms with Gasteiger partial charge in [-0.3, -0.25) is 4.31 Å². The van der Waals surface area contributed by atoms with Gasteiger partial charge in [0.1, 0.15) is 10.7 Å². The number of amidine groups is 1. The van der Waals surface area contributed by atoms with Crippen molar-refractivity contribution in [2.24, 2.45) is 4.99 Å². The van der Waals surface area contributed by atoms with E-state index in [0.717, 1.165) is 4.31 Å². The van der Waals surface area contributed by atoms with Gasteiger partial charge in [-0.2, -0.15) is 0 Å². The van der Waals surface area contributed by atoms with E-state index in [-0.39, 0.29) is 16.1 Å². The smallest absolute Gasteiger partial charge is 0.337 e. The van der Waals surface area contributed by atoms with Crippen molar-refractivity contribution >= 4 is 27.5 Å². The van der Waals surface area contributed by atoms with Gasteiger partial charge in [-0.05, 0) is 25.1 Å². The van der Waals surface area contributed by atoms with Gasteiger partial charge in [0, 0.05) is 7.05 Å². The summed E-state index contributed by atoms with van der Waals surface area (Å²) in [5, 5.41) is 0. The molecule has 6 nitrogen and oxygen atoms in total. The van der Waals surface area contributed by atoms with Crippen molar-refractivity contribution in [3.05, 3.63) is 23.8 Å². The minimum absolute atomic E-state index is 0.0863. The predicted molar refractivity (Wildman–Crippen MR) is 65.5 cm³/mol. The maximum atomic E-state index is 12.1. The van der Waals surface area contributed by atoms with Crippen molar-refractivity contribution in [3.63, 3.8) is 0 Å². The monoisotopic (exact) mass is 268 g/mol. The number of rotatable bonds is 1. The van der Waals surface area contributed by atoms with Crippen LogP contribution < -0.4 is 0 Å². The third kappa shape index (κ3) is 1.76. The summed E-state index contributed by atoms with van der Waals surface area (Å²) >= 11 is 0. The Labute approximate surface area is 105 Å². The lowest BCUT2D eigenvalue weighted by molar-refractivity contribution is 0.0600. The predicted octanol–water partition coefficient (Wildman–Crippen LogP) is 1.16. The average Bonchev–Trinajstić information content (AvgIpc) is 2.35. The molecule has 1 aliphatic rings. The SMILES string of the molecule is COC(=O)c1ccc2c(c1)N=C(C)N(C)S2(=O)=O. The first-order chi connectivity index (χ1) is 8.37. The number of benzene rings is 1. The number of aliphatic imine (C=N–C) groups is 1. The lowest BCUT2D eigenvalue weighted by Gasteiger charge is -2.24. The Morgan fingerprint density at radius 1 is 1.39 bits per heavy atom. The number of nitrogens with zero attached hydrogens (tertiary/aromatic N) is 2. The van der Waals surface area contributed by atoms with Crippen molar-refractivity contribution in [3.8, 4) is 0 Å². The second kappa shape index (κ2) is 4.09. The summed E-state index contributed by atoms with van der Waals surface area (Å²) in [4.78, 5) is 15.6. The number of carbonyl (C=O) groups excluding carboxylic acids is 1. The van der Waals surface area contributed by atoms with Crippen LogP contribution in [0.25, 0.3) is 0 Å². The van der Waals surface area contributed by atoms with Gasteiger partial charge in [0.15, 0.2) is 0 Å². The topological polar surface area (TPSA) is 76.0 Å². The van der Waals surface area contributed by atoms with E-state index in [2.05, 4.69) is 9.73 Å². The van der Waals surface area contributed by atoms with E-state index < -0.39 is 16.0 Å². The average molecular weight is 268 g/mol. The molecule has 0 unspecified atom stereocenters. The van der Waals surface area contributed by atoms with E-state index in [9.17, 15) is 13.2 Å². The first kappa shape index (κ1) is 12.6. The molecule has 7 heteroatoms. The fourth-order valence-corrected chi connectivity index (χ4v) is 2.93. The van der Waals surface area contributed by atoms with E-state index >= 15 is 0 Å². The first-order valence-corrected chi connectivity index (χ1v) is 6.58. The van der Waals surface area contributed by atoms with Gasteiger partial charge >= 0.3 is 5.97 Å². The van der Waals surface area contributed by atoms with Crippen LogP contribution in [0.15, 0.2) is 28.1 Å². The summed E-state index contributed by atoms with van der Waals surface area (Å²) in [6, 6.07) is 4.19. The summed E-state index contributed by atoms with van der Waals surface area (Å²) in [6.07, 6.45) is 0. The minimum atomic E-state index is -3.57. The molecule has 0 aromatic heterocycles. The van der Waals surface area contributed by atoms with Crippen LogP contribution in [0.4, 0.5) is 5.69 Å². The van der Waals surface area contributed by atoms with E-state index in [1.807, 2.05) is 0 Å². The summed E-state index contributed by atoms with van der Waals surface area (Å²) in [5.41, 5.74) is 0.529. The van der Waals surface area contributed by atoms with Gasteiger partial charge in [-0.25, -0.2) is 18.2 Å². The molecule has 1 aromatic rings. The maximum absolute atomic E-state index is 12.1. The van der Waals surface area contributed by atoms with E-state index in [1.165, 1.54) is 32.4 Å². The normalized spacial score (nSPS) is 16.8. The van der Waals surface area contributed by atoms with Crippen LogP contribution in [0.1, 0.15) is 17.3 Å². The molecule has 0 amide bonds. The highest BCUT2D eigenvalue weighted by atomic mass is 32.2. The van der Waals surface area contributed by atoms with Crippen LogP contribution in [0, 0.1) is 0 Å². The molecule has 0 N–H and O–H groups in total. The zero-order valence-corrected chi connectivity index (χ0v) is 11.0. The minimum Gasteiger partial charge on any atom is -0.465 e. The van der Waals surface area contributed by atoms with E-state index in [4.69, 9.17) is 0 Å². The Bertz CT molecular complexity index is 649. The number of esters is 1. The quantitative estimate of drug-likeness (QED) is 0.716. The zero-order valence-electron chi connectivity index (χ0n) is 10.2. The highest BCUT2D eigenvalue weighted by molar-refractivity contribution is 7.89. The molecule has 2 rings (SSSR count). The molecule has 1 aliphatic heterocycles. The van der Waals surface area contributed by atoms with Crippen molar-refractivity contribution < 1.29 is 17.9 Å². The summed E-state index contributed by atoms with van der Waals surface area (Å²) in [5.74, 6) is -0.175. The Morgan fingerprint density at radius 2 is 2.06 bits per heavy atom. The van der Waals surface area contributed by atoms with Gasteiger partial charge in [0.25, 0.3) is 10.0 Å². The first-order valence-electron chi connectivity index (χ1n) is 5.14. The Morgan fingerprint density at radius 3 is 2.67 bits per heavy atom. The van der Waals surface area contributed by atoms with Crippen LogP contribution in [-0.2, 0) is 14.8 Å². The number of ether oxygens (including phenoxy) is 1. The van der Waals surface area contributed by atoms with Gasteiger partial charge in [0.05, 0.1) is 18.4 Å². The molecule has 0 atom stereocenters. The molecule has 0 bridgehead atoms. The van der Waals surface area contributed by atoms with Crippen LogP contribution in [0.3, 0.4) is 0 Å². The zero-order chi connectivity index (χ0) is 13.5. The van der Waals surface area contributed by atoms with Gasteiger partial charge in [0.2, 0.25) is 0 Å². The summed E-state index contributed by atoms with van der Waals surface area (Å²) in [7, 11) is -0.868. The number of carbonyl (C=O) groups is 1. The molecule has 0 spiro atoms. The fraction of sp³-hybridized carbons (Fsp3) is 0.273. The molecular formula is C11H12N2O4S. The summed E-state index contributed by atoms with van der Waals surface area (Å²) < 4.78 is 29.9. The number of hydrogen-bond acceptors (Lipinski definition) is 5. The second-order valence-electron chi connectivity index (χ2n) is 3.81. The number of sulfonamides is 1. The third-order valence-electron chi connectivity index (χ3n) is 2.76. The number of methoxy groups -OCH3 is 1. The molecule has 96 valence electrons. The molecule has 0 saturated heterocycles. The number of hydrogen-bond donors (Lipinski definition) is 0. The third-order valence-corrected chi connectivity index (χ3v) is 4.64. The van der Waals surface area contributed by atoms with Crippen molar-refractivity contribution in [2.75, 3.05) is 14.2 Å². The van der Waals surface area contributed by atoms with Gasteiger partial charge < -0.3 is 4.74 Å². The highest BCUT2D eigenvalue weighted by Crippen LogP contribution is 2.32. The lowest BCUT2D eigenvalue weighted by atomic mass is 10.2. The van der Waals surface area contributed by atoms with Crippen molar-refractivity contribution in [2.45, 2.75) is 11.8 Å². The largest absolute Gasteiger partial charge is 0.465 e. The highest BCUT2D eigenvalue weighted by Gasteiger charge is 2.29. The van der Waals surface area contributed by atoms with Crippen molar-refractivity contribution in [1.82, 2.24) is 4.31 Å². The molecule has 0 saturated carbocycles. The molecule has 1 heterocycles. The Kier molecular flexibility index (Phi) is 2.86. The molecule has 0 radical (unpaired) electrons. The fourth-order valence-electron chi connectivity index (χ4n) is 1.63. The van der Waals surface area contributed by atoms with Gasteiger partial charge in [-0.1, -0.05) is 0 Å². The molecule has 1 aromatic carbocycles. The number of fused-ring (bicyclic) bond motifs is 1. The molecule has 0 aliphatic carbocycles. The van der Waals surface area contributed by atoms with E-state index in [0.29, 0.717) is 5.84 Å². The molecule has 0 fully saturated rings. The molecular weight excluding hydrogens is 256 g/mol. The van der Waals surface area contributed by atoms with Crippen LogP contribution in [-0.4, -0.2) is 38.7 Å². The van der Waals surface area contributed by atoms with Gasteiger partial charge in [-0.15, -0.1) is 0 Å². The molecule has 18 heavy (non-hydrogen) atoms. The lowest BCUT2D eigenvalue weighted by Crippen LogP contribution is -2.33. The van der Waals surface area contributed by atoms with Crippen LogP contribution in [0.5, 0.6) is 0 Å². The maximum Gasteiger partial charge on any atom is 0.337 e. The Hall–Kier alpha value is -1.89. The standard InChI is InChI=1S/C11H12N2O4S/c1-7-12-9-6-8(11(14)17-3)4-5-10(9)18(15,16)13(7)2/h4-6H,1-3H3. The second-order valence-corrected chi connectivity index (χ2v) is 5.74. The van der Waals surface area contributed by atoms with Crippen LogP contribution in [0.2, 0.25) is 0 Å². The van der Waals surface area contributed by atoms with Crippen molar-refractivity contribution in [1.29, 1.82) is 0 Å².